The molecule has 1 aliphatic carbocycles. The second-order valence-corrected chi connectivity index (χ2v) is 3.63. The van der Waals surface area contributed by atoms with Crippen molar-refractivity contribution in [3.05, 3.63) is 29.7 Å². The van der Waals surface area contributed by atoms with Crippen molar-refractivity contribution in [1.82, 2.24) is 0 Å². The van der Waals surface area contributed by atoms with Crippen LogP contribution in [0.2, 0.25) is 0 Å². The fraction of sp³-hybridized carbons (Fsp3) is 0.462. The summed E-state index contributed by atoms with van der Waals surface area (Å²) in [6, 6.07) is 6.22. The topological polar surface area (TPSA) is 18.5 Å². The lowest BCUT2D eigenvalue weighted by Gasteiger charge is -2.11. The van der Waals surface area contributed by atoms with Crippen LogP contribution < -0.4 is 9.47 Å². The molecule has 1 fully saturated rings. The van der Waals surface area contributed by atoms with Crippen LogP contribution in [0, 0.1) is 5.92 Å². The van der Waals surface area contributed by atoms with Crippen molar-refractivity contribution < 1.29 is 9.47 Å². The van der Waals surface area contributed by atoms with E-state index in [-0.39, 0.29) is 0 Å². The highest BCUT2D eigenvalue weighted by Crippen LogP contribution is 2.41. The summed E-state index contributed by atoms with van der Waals surface area (Å²) in [5.74, 6) is 3.25. The highest BCUT2D eigenvalue weighted by atomic mass is 16.5. The molecule has 15 heavy (non-hydrogen) atoms. The normalized spacial score (nSPS) is 15.1. The molecule has 0 saturated heterocycles. The van der Waals surface area contributed by atoms with Crippen LogP contribution in [0.15, 0.2) is 18.2 Å². The molecule has 2 rings (SSSR count). The standard InChI is InChI=1S/C13H17O2/c1-3-14-12-8-7-11(10-5-6-10)9-13(12)15-4-2/h7-9H,3-6H2,1-2H3. The van der Waals surface area contributed by atoms with E-state index in [0.717, 1.165) is 11.5 Å². The summed E-state index contributed by atoms with van der Waals surface area (Å²) < 4.78 is 11.1. The maximum absolute atomic E-state index is 5.57. The van der Waals surface area contributed by atoms with Crippen LogP contribution in [0.3, 0.4) is 0 Å². The quantitative estimate of drug-likeness (QED) is 0.735. The zero-order valence-corrected chi connectivity index (χ0v) is 9.38. The van der Waals surface area contributed by atoms with Gasteiger partial charge in [0, 0.05) is 5.92 Å². The minimum Gasteiger partial charge on any atom is -0.490 e. The lowest BCUT2D eigenvalue weighted by molar-refractivity contribution is 0.287. The van der Waals surface area contributed by atoms with Gasteiger partial charge in [-0.1, -0.05) is 6.07 Å². The molecule has 2 nitrogen and oxygen atoms in total. The third-order valence-corrected chi connectivity index (χ3v) is 2.45. The zero-order valence-electron chi connectivity index (χ0n) is 9.38. The van der Waals surface area contributed by atoms with Gasteiger partial charge < -0.3 is 9.47 Å². The van der Waals surface area contributed by atoms with Gasteiger partial charge in [-0.2, -0.15) is 0 Å². The molecule has 2 heteroatoms. The van der Waals surface area contributed by atoms with Gasteiger partial charge in [-0.15, -0.1) is 0 Å². The summed E-state index contributed by atoms with van der Waals surface area (Å²) in [6.45, 7) is 5.33. The number of rotatable bonds is 5. The summed E-state index contributed by atoms with van der Waals surface area (Å²) in [4.78, 5) is 0. The summed E-state index contributed by atoms with van der Waals surface area (Å²) in [5.41, 5.74) is 1.31. The van der Waals surface area contributed by atoms with Crippen LogP contribution in [0.1, 0.15) is 32.3 Å². The van der Waals surface area contributed by atoms with Crippen LogP contribution in [0.25, 0.3) is 0 Å². The molecular weight excluding hydrogens is 188 g/mol. The van der Waals surface area contributed by atoms with Crippen molar-refractivity contribution in [1.29, 1.82) is 0 Å². The van der Waals surface area contributed by atoms with Crippen LogP contribution >= 0.6 is 0 Å². The predicted molar refractivity (Wildman–Crippen MR) is 60.4 cm³/mol. The van der Waals surface area contributed by atoms with E-state index in [1.54, 1.807) is 0 Å². The van der Waals surface area contributed by atoms with Gasteiger partial charge in [0.2, 0.25) is 0 Å². The van der Waals surface area contributed by atoms with Gasteiger partial charge in [-0.3, -0.25) is 0 Å². The molecule has 0 aliphatic heterocycles. The first-order valence-electron chi connectivity index (χ1n) is 5.59. The van der Waals surface area contributed by atoms with Crippen molar-refractivity contribution in [2.45, 2.75) is 26.7 Å². The average Bonchev–Trinajstić information content (AvgIpc) is 3.05. The molecule has 1 radical (unpaired) electrons. The van der Waals surface area contributed by atoms with Crippen molar-refractivity contribution in [3.63, 3.8) is 0 Å². The Kier molecular flexibility index (Phi) is 3.14. The molecule has 0 N–H and O–H groups in total. The van der Waals surface area contributed by atoms with Crippen molar-refractivity contribution in [3.8, 4) is 11.5 Å². The van der Waals surface area contributed by atoms with E-state index >= 15 is 0 Å². The Morgan fingerprint density at radius 3 is 2.27 bits per heavy atom. The smallest absolute Gasteiger partial charge is 0.161 e. The fourth-order valence-corrected chi connectivity index (χ4v) is 1.62. The zero-order chi connectivity index (χ0) is 10.7. The first kappa shape index (κ1) is 10.3. The van der Waals surface area contributed by atoms with E-state index < -0.39 is 0 Å². The van der Waals surface area contributed by atoms with Crippen molar-refractivity contribution in [2.75, 3.05) is 13.2 Å². The Balaban J connectivity index is 2.21. The summed E-state index contributed by atoms with van der Waals surface area (Å²) in [7, 11) is 0. The molecule has 1 aromatic rings. The largest absolute Gasteiger partial charge is 0.490 e. The molecule has 0 heterocycles. The number of hydrogen-bond acceptors (Lipinski definition) is 2. The Labute approximate surface area is 91.2 Å². The number of hydrogen-bond donors (Lipinski definition) is 0. The van der Waals surface area contributed by atoms with E-state index in [9.17, 15) is 0 Å². The number of ether oxygens (including phenoxy) is 2. The molecule has 81 valence electrons. The van der Waals surface area contributed by atoms with Gasteiger partial charge in [0.25, 0.3) is 0 Å². The van der Waals surface area contributed by atoms with Crippen molar-refractivity contribution >= 4 is 0 Å². The van der Waals surface area contributed by atoms with E-state index in [0.29, 0.717) is 13.2 Å². The van der Waals surface area contributed by atoms with Gasteiger partial charge >= 0.3 is 0 Å². The molecule has 0 bridgehead atoms. The van der Waals surface area contributed by atoms with E-state index in [1.165, 1.54) is 24.3 Å². The minimum absolute atomic E-state index is 0.677. The van der Waals surface area contributed by atoms with Crippen LogP contribution in [0.4, 0.5) is 0 Å². The van der Waals surface area contributed by atoms with Crippen LogP contribution in [-0.4, -0.2) is 13.2 Å². The summed E-state index contributed by atoms with van der Waals surface area (Å²) >= 11 is 0. The summed E-state index contributed by atoms with van der Waals surface area (Å²) in [6.07, 6.45) is 2.47. The van der Waals surface area contributed by atoms with Crippen molar-refractivity contribution in [2.24, 2.45) is 0 Å². The van der Waals surface area contributed by atoms with E-state index in [2.05, 4.69) is 12.1 Å². The third kappa shape index (κ3) is 2.44. The molecule has 1 aromatic carbocycles. The second kappa shape index (κ2) is 4.56. The molecule has 0 unspecified atom stereocenters. The Bertz CT molecular complexity index is 329. The maximum atomic E-state index is 5.57. The second-order valence-electron chi connectivity index (χ2n) is 3.63. The molecule has 1 aliphatic rings. The van der Waals surface area contributed by atoms with Gasteiger partial charge in [-0.25, -0.2) is 0 Å². The number of benzene rings is 1. The van der Waals surface area contributed by atoms with E-state index in [1.807, 2.05) is 19.9 Å². The SMILES string of the molecule is CCOc1ccc([C]2CC2)cc1OCC. The minimum atomic E-state index is 0.677. The monoisotopic (exact) mass is 205 g/mol. The highest BCUT2D eigenvalue weighted by molar-refractivity contribution is 5.49. The Hall–Kier alpha value is -1.18. The first-order chi connectivity index (χ1) is 7.35. The lowest BCUT2D eigenvalue weighted by Crippen LogP contribution is -1.99. The van der Waals surface area contributed by atoms with E-state index in [4.69, 9.17) is 9.47 Å². The Morgan fingerprint density at radius 2 is 1.67 bits per heavy atom. The van der Waals surface area contributed by atoms with Crippen LogP contribution in [0.5, 0.6) is 11.5 Å². The Morgan fingerprint density at radius 1 is 1.00 bits per heavy atom. The fourth-order valence-electron chi connectivity index (χ4n) is 1.62. The van der Waals surface area contributed by atoms with Gasteiger partial charge in [-0.05, 0) is 44.4 Å². The first-order valence-corrected chi connectivity index (χ1v) is 5.59. The van der Waals surface area contributed by atoms with Crippen LogP contribution in [-0.2, 0) is 0 Å². The van der Waals surface area contributed by atoms with Gasteiger partial charge in [0.15, 0.2) is 11.5 Å². The summed E-state index contributed by atoms with van der Waals surface area (Å²) in [5, 5.41) is 0. The van der Waals surface area contributed by atoms with Gasteiger partial charge in [0.1, 0.15) is 0 Å². The molecule has 1 saturated carbocycles. The predicted octanol–water partition coefficient (Wildman–Crippen LogP) is 3.20. The lowest BCUT2D eigenvalue weighted by atomic mass is 10.1. The molecule has 0 amide bonds. The molecular formula is C13H17O2. The molecule has 0 atom stereocenters. The maximum Gasteiger partial charge on any atom is 0.161 e. The average molecular weight is 205 g/mol. The highest BCUT2D eigenvalue weighted by Gasteiger charge is 2.25. The third-order valence-electron chi connectivity index (χ3n) is 2.45. The molecule has 0 aromatic heterocycles. The van der Waals surface area contributed by atoms with Gasteiger partial charge in [0.05, 0.1) is 13.2 Å². The molecule has 0 spiro atoms.